The molecule has 2 N–H and O–H groups in total. The van der Waals surface area contributed by atoms with E-state index < -0.39 is 0 Å². The second kappa shape index (κ2) is 6.78. The molecule has 0 spiro atoms. The number of hydrogen-bond acceptors (Lipinski definition) is 5. The molecule has 1 aromatic heterocycles. The molecule has 0 radical (unpaired) electrons. The third-order valence-electron chi connectivity index (χ3n) is 4.62. The fourth-order valence-electron chi connectivity index (χ4n) is 3.44. The molecule has 22 heavy (non-hydrogen) atoms. The number of anilines is 1. The quantitative estimate of drug-likeness (QED) is 0.869. The molecule has 1 fully saturated rings. The maximum Gasteiger partial charge on any atom is 0.226 e. The molecule has 118 valence electrons. The largest absolute Gasteiger partial charge is 0.395 e. The molecule has 1 aromatic rings. The van der Waals surface area contributed by atoms with Crippen LogP contribution in [-0.2, 0) is 17.6 Å². The Morgan fingerprint density at radius 3 is 3.09 bits per heavy atom. The van der Waals surface area contributed by atoms with Gasteiger partial charge < -0.3 is 10.4 Å². The Kier molecular flexibility index (Phi) is 4.77. The first-order chi connectivity index (χ1) is 10.7. The van der Waals surface area contributed by atoms with Gasteiger partial charge in [-0.25, -0.2) is 0 Å². The van der Waals surface area contributed by atoms with Crippen LogP contribution in [0, 0.1) is 11.3 Å². The highest BCUT2D eigenvalue weighted by Crippen LogP contribution is 2.38. The number of aliphatic hydroxyl groups is 1. The van der Waals surface area contributed by atoms with Crippen LogP contribution in [0.4, 0.5) is 5.00 Å². The van der Waals surface area contributed by atoms with Crippen LogP contribution >= 0.6 is 11.3 Å². The average Bonchev–Trinajstić information content (AvgIpc) is 3.19. The minimum atomic E-state index is -0.0417. The van der Waals surface area contributed by atoms with Crippen LogP contribution in [0.3, 0.4) is 0 Å². The van der Waals surface area contributed by atoms with Crippen molar-refractivity contribution in [3.63, 3.8) is 0 Å². The van der Waals surface area contributed by atoms with Crippen LogP contribution in [0.25, 0.3) is 0 Å². The molecule has 0 aromatic carbocycles. The van der Waals surface area contributed by atoms with Gasteiger partial charge in [0.1, 0.15) is 11.1 Å². The van der Waals surface area contributed by atoms with Gasteiger partial charge in [-0.05, 0) is 44.2 Å². The zero-order valence-corrected chi connectivity index (χ0v) is 13.4. The summed E-state index contributed by atoms with van der Waals surface area (Å²) < 4.78 is 0. The lowest BCUT2D eigenvalue weighted by Crippen LogP contribution is -2.34. The SMILES string of the molecule is N#Cc1c(NC(=O)CCN2CCC[C@H]2CO)sc2c1CCC2. The first kappa shape index (κ1) is 15.5. The van der Waals surface area contributed by atoms with Crippen molar-refractivity contribution >= 4 is 22.2 Å². The third-order valence-corrected chi connectivity index (χ3v) is 5.83. The van der Waals surface area contributed by atoms with Gasteiger partial charge in [0.25, 0.3) is 0 Å². The first-order valence-corrected chi connectivity index (χ1v) is 8.74. The number of nitriles is 1. The molecular formula is C16H21N3O2S. The number of aryl methyl sites for hydroxylation is 1. The predicted octanol–water partition coefficient (Wildman–Crippen LogP) is 1.89. The second-order valence-electron chi connectivity index (χ2n) is 5.99. The highest BCUT2D eigenvalue weighted by molar-refractivity contribution is 7.16. The Hall–Kier alpha value is -1.42. The van der Waals surface area contributed by atoms with Gasteiger partial charge in [0, 0.05) is 23.9 Å². The summed E-state index contributed by atoms with van der Waals surface area (Å²) in [4.78, 5) is 15.6. The van der Waals surface area contributed by atoms with Crippen molar-refractivity contribution in [1.82, 2.24) is 4.90 Å². The molecule has 2 aliphatic rings. The lowest BCUT2D eigenvalue weighted by atomic mass is 10.1. The van der Waals surface area contributed by atoms with Crippen LogP contribution in [0.15, 0.2) is 0 Å². The third kappa shape index (κ3) is 3.02. The number of nitrogens with one attached hydrogen (secondary N) is 1. The molecule has 1 atom stereocenters. The van der Waals surface area contributed by atoms with Crippen molar-refractivity contribution < 1.29 is 9.90 Å². The molecule has 0 unspecified atom stereocenters. The van der Waals surface area contributed by atoms with Gasteiger partial charge >= 0.3 is 0 Å². The summed E-state index contributed by atoms with van der Waals surface area (Å²) in [5, 5.41) is 22.3. The highest BCUT2D eigenvalue weighted by Gasteiger charge is 2.25. The zero-order chi connectivity index (χ0) is 15.5. The Balaban J connectivity index is 1.57. The van der Waals surface area contributed by atoms with E-state index in [1.807, 2.05) is 0 Å². The predicted molar refractivity (Wildman–Crippen MR) is 86.0 cm³/mol. The molecule has 1 amide bonds. The van der Waals surface area contributed by atoms with Crippen molar-refractivity contribution in [3.05, 3.63) is 16.0 Å². The Morgan fingerprint density at radius 1 is 1.45 bits per heavy atom. The van der Waals surface area contributed by atoms with E-state index in [4.69, 9.17) is 0 Å². The Labute approximate surface area is 134 Å². The summed E-state index contributed by atoms with van der Waals surface area (Å²) >= 11 is 1.56. The standard InChI is InChI=1S/C16H21N3O2S/c17-9-13-12-4-1-5-14(12)22-16(13)18-15(21)6-8-19-7-2-3-11(19)10-20/h11,20H,1-8,10H2,(H,18,21)/t11-/m0/s1. The van der Waals surface area contributed by atoms with E-state index in [1.165, 1.54) is 4.88 Å². The first-order valence-electron chi connectivity index (χ1n) is 7.92. The molecule has 1 aliphatic heterocycles. The number of carbonyl (C=O) groups is 1. The number of likely N-dealkylation sites (tertiary alicyclic amines) is 1. The number of rotatable bonds is 5. The van der Waals surface area contributed by atoms with Crippen molar-refractivity contribution in [1.29, 1.82) is 5.26 Å². The minimum Gasteiger partial charge on any atom is -0.395 e. The van der Waals surface area contributed by atoms with Crippen molar-refractivity contribution in [3.8, 4) is 6.07 Å². The van der Waals surface area contributed by atoms with Gasteiger partial charge in [-0.1, -0.05) is 0 Å². The maximum atomic E-state index is 12.2. The normalized spacial score (nSPS) is 20.8. The van der Waals surface area contributed by atoms with Gasteiger partial charge in [-0.2, -0.15) is 5.26 Å². The lowest BCUT2D eigenvalue weighted by Gasteiger charge is -2.22. The number of thiophene rings is 1. The summed E-state index contributed by atoms with van der Waals surface area (Å²) in [7, 11) is 0. The topological polar surface area (TPSA) is 76.4 Å². The molecule has 3 rings (SSSR count). The number of nitrogens with zero attached hydrogens (tertiary/aromatic N) is 2. The number of amides is 1. The summed E-state index contributed by atoms with van der Waals surface area (Å²) in [5.41, 5.74) is 1.81. The summed E-state index contributed by atoms with van der Waals surface area (Å²) in [6.45, 7) is 1.79. The molecule has 0 bridgehead atoms. The number of carbonyl (C=O) groups excluding carboxylic acids is 1. The lowest BCUT2D eigenvalue weighted by molar-refractivity contribution is -0.116. The van der Waals surface area contributed by atoms with E-state index in [1.54, 1.807) is 11.3 Å². The van der Waals surface area contributed by atoms with Crippen molar-refractivity contribution in [2.75, 3.05) is 25.0 Å². The summed E-state index contributed by atoms with van der Waals surface area (Å²) in [5.74, 6) is -0.0417. The molecule has 5 nitrogen and oxygen atoms in total. The van der Waals surface area contributed by atoms with Crippen LogP contribution in [0.1, 0.15) is 41.7 Å². The van der Waals surface area contributed by atoms with E-state index in [0.29, 0.717) is 18.5 Å². The van der Waals surface area contributed by atoms with Crippen molar-refractivity contribution in [2.45, 2.75) is 44.6 Å². The van der Waals surface area contributed by atoms with Crippen LogP contribution < -0.4 is 5.32 Å². The molecule has 1 aliphatic carbocycles. The number of aliphatic hydroxyl groups excluding tert-OH is 1. The van der Waals surface area contributed by atoms with Gasteiger partial charge in [0.05, 0.1) is 12.2 Å². The fraction of sp³-hybridized carbons (Fsp3) is 0.625. The molecular weight excluding hydrogens is 298 g/mol. The highest BCUT2D eigenvalue weighted by atomic mass is 32.1. The Morgan fingerprint density at radius 2 is 2.32 bits per heavy atom. The Bertz CT molecular complexity index is 605. The summed E-state index contributed by atoms with van der Waals surface area (Å²) in [6, 6.07) is 2.45. The van der Waals surface area contributed by atoms with E-state index in [-0.39, 0.29) is 18.6 Å². The minimum absolute atomic E-state index is 0.0417. The molecule has 0 saturated carbocycles. The smallest absolute Gasteiger partial charge is 0.226 e. The van der Waals surface area contributed by atoms with Crippen LogP contribution in [0.5, 0.6) is 0 Å². The maximum absolute atomic E-state index is 12.2. The van der Waals surface area contributed by atoms with Gasteiger partial charge in [-0.3, -0.25) is 9.69 Å². The number of fused-ring (bicyclic) bond motifs is 1. The van der Waals surface area contributed by atoms with E-state index in [2.05, 4.69) is 16.3 Å². The molecule has 2 heterocycles. The van der Waals surface area contributed by atoms with E-state index in [9.17, 15) is 15.2 Å². The van der Waals surface area contributed by atoms with Gasteiger partial charge in [0.2, 0.25) is 5.91 Å². The van der Waals surface area contributed by atoms with Crippen molar-refractivity contribution in [2.24, 2.45) is 0 Å². The number of hydrogen-bond donors (Lipinski definition) is 2. The van der Waals surface area contributed by atoms with E-state index in [0.717, 1.165) is 49.2 Å². The second-order valence-corrected chi connectivity index (χ2v) is 7.09. The monoisotopic (exact) mass is 319 g/mol. The average molecular weight is 319 g/mol. The van der Waals surface area contributed by atoms with E-state index >= 15 is 0 Å². The molecule has 6 heteroatoms. The van der Waals surface area contributed by atoms with Gasteiger partial charge in [0.15, 0.2) is 0 Å². The fourth-order valence-corrected chi connectivity index (χ4v) is 4.70. The zero-order valence-electron chi connectivity index (χ0n) is 12.6. The van der Waals surface area contributed by atoms with Crippen LogP contribution in [0.2, 0.25) is 0 Å². The van der Waals surface area contributed by atoms with Gasteiger partial charge in [-0.15, -0.1) is 11.3 Å². The molecule has 1 saturated heterocycles. The summed E-state index contributed by atoms with van der Waals surface area (Å²) in [6.07, 6.45) is 5.59. The van der Waals surface area contributed by atoms with Crippen LogP contribution in [-0.4, -0.2) is 41.7 Å².